The molecular weight excluding hydrogens is 220 g/mol. The summed E-state index contributed by atoms with van der Waals surface area (Å²) in [5, 5.41) is 1.13. The Morgan fingerprint density at radius 2 is 2.19 bits per heavy atom. The van der Waals surface area contributed by atoms with Crippen molar-refractivity contribution < 1.29 is 0 Å². The maximum absolute atomic E-state index is 5.85. The van der Waals surface area contributed by atoms with Crippen molar-refractivity contribution in [3.8, 4) is 0 Å². The van der Waals surface area contributed by atoms with Crippen LogP contribution in [0.1, 0.15) is 24.3 Å². The first-order valence-electron chi connectivity index (χ1n) is 5.81. The maximum Gasteiger partial charge on any atom is 0.185 e. The van der Waals surface area contributed by atoms with E-state index in [4.69, 9.17) is 5.73 Å². The highest BCUT2D eigenvalue weighted by atomic mass is 32.1. The quantitative estimate of drug-likeness (QED) is 0.846. The molecule has 1 atom stereocenters. The van der Waals surface area contributed by atoms with E-state index < -0.39 is 0 Å². The largest absolute Gasteiger partial charge is 0.347 e. The smallest absolute Gasteiger partial charge is 0.185 e. The molecule has 0 bridgehead atoms. The highest BCUT2D eigenvalue weighted by Gasteiger charge is 2.16. The Bertz CT molecular complexity index is 336. The third-order valence-electron chi connectivity index (χ3n) is 2.95. The summed E-state index contributed by atoms with van der Waals surface area (Å²) in [5.41, 5.74) is 5.85. The Balaban J connectivity index is 2.05. The number of hydrogen-bond donors (Lipinski definition) is 1. The fraction of sp³-hybridized carbons (Fsp3) is 0.727. The topological polar surface area (TPSA) is 45.4 Å². The number of likely N-dealkylation sites (N-methyl/N-ethyl adjacent to an activating group) is 1. The number of anilines is 1. The van der Waals surface area contributed by atoms with Gasteiger partial charge in [-0.3, -0.25) is 0 Å². The molecule has 1 aliphatic heterocycles. The van der Waals surface area contributed by atoms with E-state index in [1.807, 2.05) is 13.1 Å². The van der Waals surface area contributed by atoms with Gasteiger partial charge >= 0.3 is 0 Å². The molecule has 0 radical (unpaired) electrons. The monoisotopic (exact) mass is 240 g/mol. The van der Waals surface area contributed by atoms with Gasteiger partial charge in [-0.25, -0.2) is 4.98 Å². The molecule has 90 valence electrons. The van der Waals surface area contributed by atoms with Gasteiger partial charge in [0.25, 0.3) is 0 Å². The molecule has 1 fully saturated rings. The zero-order valence-electron chi connectivity index (χ0n) is 10.0. The van der Waals surface area contributed by atoms with Crippen LogP contribution in [0.25, 0.3) is 0 Å². The van der Waals surface area contributed by atoms with Crippen molar-refractivity contribution in [2.75, 3.05) is 38.1 Å². The van der Waals surface area contributed by atoms with E-state index in [1.54, 1.807) is 11.3 Å². The first-order valence-corrected chi connectivity index (χ1v) is 6.63. The minimum Gasteiger partial charge on any atom is -0.347 e. The van der Waals surface area contributed by atoms with Crippen LogP contribution in [0, 0.1) is 0 Å². The zero-order chi connectivity index (χ0) is 11.5. The number of nitrogens with two attached hydrogens (primary N) is 1. The minimum absolute atomic E-state index is 0.0981. The van der Waals surface area contributed by atoms with Crippen LogP contribution in [0.4, 0.5) is 5.13 Å². The van der Waals surface area contributed by atoms with Crippen LogP contribution < -0.4 is 10.6 Å². The molecule has 16 heavy (non-hydrogen) atoms. The van der Waals surface area contributed by atoms with Crippen LogP contribution in [-0.2, 0) is 0 Å². The summed E-state index contributed by atoms with van der Waals surface area (Å²) in [5.74, 6) is 0. The van der Waals surface area contributed by atoms with Gasteiger partial charge in [-0.2, -0.15) is 0 Å². The van der Waals surface area contributed by atoms with Crippen LogP contribution in [-0.4, -0.2) is 43.1 Å². The van der Waals surface area contributed by atoms with Crippen molar-refractivity contribution in [2.45, 2.75) is 19.4 Å². The second-order valence-electron chi connectivity index (χ2n) is 4.48. The third kappa shape index (κ3) is 2.72. The lowest BCUT2D eigenvalue weighted by molar-refractivity contribution is 0.360. The molecule has 0 spiro atoms. The van der Waals surface area contributed by atoms with Crippen molar-refractivity contribution in [3.63, 3.8) is 0 Å². The molecule has 0 aromatic carbocycles. The van der Waals surface area contributed by atoms with Gasteiger partial charge in [0.05, 0.1) is 0 Å². The Kier molecular flexibility index (Phi) is 3.78. The summed E-state index contributed by atoms with van der Waals surface area (Å²) in [4.78, 5) is 10.4. The molecule has 1 aliphatic rings. The summed E-state index contributed by atoms with van der Waals surface area (Å²) in [7, 11) is 2.18. The molecule has 1 saturated heterocycles. The molecule has 4 nitrogen and oxygen atoms in total. The van der Waals surface area contributed by atoms with Gasteiger partial charge in [0.2, 0.25) is 0 Å². The molecule has 2 heterocycles. The molecule has 1 unspecified atom stereocenters. The zero-order valence-corrected chi connectivity index (χ0v) is 10.8. The van der Waals surface area contributed by atoms with Crippen LogP contribution in [0.3, 0.4) is 0 Å². The normalized spacial score (nSPS) is 20.8. The van der Waals surface area contributed by atoms with E-state index in [0.29, 0.717) is 0 Å². The van der Waals surface area contributed by atoms with Crippen molar-refractivity contribution >= 4 is 16.5 Å². The average Bonchev–Trinajstić information content (AvgIpc) is 2.63. The number of aromatic nitrogens is 1. The second-order valence-corrected chi connectivity index (χ2v) is 5.52. The van der Waals surface area contributed by atoms with Gasteiger partial charge in [0.15, 0.2) is 5.13 Å². The summed E-state index contributed by atoms with van der Waals surface area (Å²) in [6, 6.07) is 0.0981. The van der Waals surface area contributed by atoms with Crippen LogP contribution in [0.2, 0.25) is 0 Å². The van der Waals surface area contributed by atoms with Crippen molar-refractivity contribution in [1.29, 1.82) is 0 Å². The van der Waals surface area contributed by atoms with Crippen molar-refractivity contribution in [3.05, 3.63) is 11.1 Å². The predicted molar refractivity (Wildman–Crippen MR) is 69.0 cm³/mol. The minimum atomic E-state index is 0.0981. The molecule has 0 aliphatic carbocycles. The first kappa shape index (κ1) is 11.8. The molecule has 5 heteroatoms. The third-order valence-corrected chi connectivity index (χ3v) is 4.21. The van der Waals surface area contributed by atoms with E-state index >= 15 is 0 Å². The van der Waals surface area contributed by atoms with E-state index in [-0.39, 0.29) is 6.04 Å². The molecule has 0 amide bonds. The lowest BCUT2D eigenvalue weighted by Gasteiger charge is -2.19. The van der Waals surface area contributed by atoms with Gasteiger partial charge in [-0.1, -0.05) is 0 Å². The Hall–Kier alpha value is -0.650. The van der Waals surface area contributed by atoms with Crippen LogP contribution in [0.5, 0.6) is 0 Å². The number of rotatable bonds is 2. The SMILES string of the molecule is CC(N)c1cnc(N2CCCN(C)CC2)s1. The van der Waals surface area contributed by atoms with Gasteiger partial charge in [0.1, 0.15) is 0 Å². The summed E-state index contributed by atoms with van der Waals surface area (Å²) in [6.45, 7) is 6.49. The Morgan fingerprint density at radius 1 is 1.38 bits per heavy atom. The standard InChI is InChI=1S/C11H20N4S/c1-9(12)10-8-13-11(16-10)15-5-3-4-14(2)6-7-15/h8-9H,3-7,12H2,1-2H3. The number of thiazole rings is 1. The van der Waals surface area contributed by atoms with Crippen molar-refractivity contribution in [1.82, 2.24) is 9.88 Å². The Labute approximate surface area is 101 Å². The fourth-order valence-electron chi connectivity index (χ4n) is 1.87. The molecule has 1 aromatic rings. The highest BCUT2D eigenvalue weighted by molar-refractivity contribution is 7.15. The van der Waals surface area contributed by atoms with Crippen molar-refractivity contribution in [2.24, 2.45) is 5.73 Å². The maximum atomic E-state index is 5.85. The summed E-state index contributed by atoms with van der Waals surface area (Å²) < 4.78 is 0. The molecule has 2 rings (SSSR count). The number of nitrogens with zero attached hydrogens (tertiary/aromatic N) is 3. The summed E-state index contributed by atoms with van der Waals surface area (Å²) >= 11 is 1.73. The first-order chi connectivity index (χ1) is 7.66. The molecule has 2 N–H and O–H groups in total. The Morgan fingerprint density at radius 3 is 2.88 bits per heavy atom. The highest BCUT2D eigenvalue weighted by Crippen LogP contribution is 2.26. The van der Waals surface area contributed by atoms with E-state index in [0.717, 1.165) is 24.8 Å². The van der Waals surface area contributed by atoms with E-state index in [2.05, 4.69) is 21.8 Å². The van der Waals surface area contributed by atoms with E-state index in [9.17, 15) is 0 Å². The van der Waals surface area contributed by atoms with Gasteiger partial charge < -0.3 is 15.5 Å². The average molecular weight is 240 g/mol. The summed E-state index contributed by atoms with van der Waals surface area (Å²) in [6.07, 6.45) is 3.13. The fourth-order valence-corrected chi connectivity index (χ4v) is 2.79. The lowest BCUT2D eigenvalue weighted by Crippen LogP contribution is -2.28. The predicted octanol–water partition coefficient (Wildman–Crippen LogP) is 1.30. The van der Waals surface area contributed by atoms with Crippen LogP contribution in [0.15, 0.2) is 6.20 Å². The molecule has 0 saturated carbocycles. The van der Waals surface area contributed by atoms with Crippen LogP contribution >= 0.6 is 11.3 Å². The lowest BCUT2D eigenvalue weighted by atomic mass is 10.3. The van der Waals surface area contributed by atoms with Gasteiger partial charge in [-0.05, 0) is 26.9 Å². The van der Waals surface area contributed by atoms with E-state index in [1.165, 1.54) is 17.8 Å². The van der Waals surface area contributed by atoms with Gasteiger partial charge in [0, 0.05) is 36.8 Å². The number of hydrogen-bond acceptors (Lipinski definition) is 5. The second kappa shape index (κ2) is 5.12. The molecular formula is C11H20N4S. The molecule has 1 aromatic heterocycles. The van der Waals surface area contributed by atoms with Gasteiger partial charge in [-0.15, -0.1) is 11.3 Å².